The number of likely N-dealkylation sites (tertiary alicyclic amines) is 1. The van der Waals surface area contributed by atoms with Crippen LogP contribution in [-0.4, -0.2) is 25.0 Å². The van der Waals surface area contributed by atoms with Crippen molar-refractivity contribution in [2.45, 2.75) is 34.1 Å². The van der Waals surface area contributed by atoms with Gasteiger partial charge in [-0.25, -0.2) is 0 Å². The lowest BCUT2D eigenvalue weighted by atomic mass is 9.70. The van der Waals surface area contributed by atoms with Crippen molar-refractivity contribution in [1.29, 1.82) is 0 Å². The van der Waals surface area contributed by atoms with Gasteiger partial charge in [-0.05, 0) is 24.3 Å². The summed E-state index contributed by atoms with van der Waals surface area (Å²) in [5.41, 5.74) is 1.10. The van der Waals surface area contributed by atoms with Crippen LogP contribution in [0.1, 0.15) is 34.1 Å². The van der Waals surface area contributed by atoms with Crippen molar-refractivity contribution in [2.24, 2.45) is 10.8 Å². The molecule has 11 heavy (non-hydrogen) atoms. The van der Waals surface area contributed by atoms with Crippen LogP contribution in [0, 0.1) is 10.8 Å². The lowest BCUT2D eigenvalue weighted by Crippen LogP contribution is -2.53. The molecule has 0 aliphatic carbocycles. The third-order valence-electron chi connectivity index (χ3n) is 2.26. The highest BCUT2D eigenvalue weighted by molar-refractivity contribution is 4.92. The molecule has 0 saturated carbocycles. The molecule has 0 atom stereocenters. The Bertz CT molecular complexity index is 137. The standard InChI is InChI=1S/C10H21N/c1-9(2,3)6-10(4)7-11(5)8-10/h6-8H2,1-5H3. The van der Waals surface area contributed by atoms with E-state index in [1.165, 1.54) is 19.5 Å². The highest BCUT2D eigenvalue weighted by Gasteiger charge is 2.38. The number of nitrogens with zero attached hydrogens (tertiary/aromatic N) is 1. The van der Waals surface area contributed by atoms with Gasteiger partial charge >= 0.3 is 0 Å². The van der Waals surface area contributed by atoms with Crippen LogP contribution in [0.3, 0.4) is 0 Å². The fourth-order valence-corrected chi connectivity index (χ4v) is 2.65. The fourth-order valence-electron chi connectivity index (χ4n) is 2.65. The predicted molar refractivity (Wildman–Crippen MR) is 49.7 cm³/mol. The van der Waals surface area contributed by atoms with Gasteiger partial charge in [0, 0.05) is 13.1 Å². The van der Waals surface area contributed by atoms with E-state index in [1.807, 2.05) is 0 Å². The SMILES string of the molecule is CN1CC(C)(CC(C)(C)C)C1. The lowest BCUT2D eigenvalue weighted by Gasteiger charge is -2.49. The zero-order valence-corrected chi connectivity index (χ0v) is 8.57. The van der Waals surface area contributed by atoms with Gasteiger partial charge in [-0.1, -0.05) is 27.7 Å². The summed E-state index contributed by atoms with van der Waals surface area (Å²) in [6.45, 7) is 12.0. The van der Waals surface area contributed by atoms with Gasteiger partial charge in [0.05, 0.1) is 0 Å². The van der Waals surface area contributed by atoms with Gasteiger partial charge in [0.2, 0.25) is 0 Å². The van der Waals surface area contributed by atoms with E-state index in [0.717, 1.165) is 0 Å². The molecule has 1 heteroatoms. The predicted octanol–water partition coefficient (Wildman–Crippen LogP) is 2.37. The van der Waals surface area contributed by atoms with Crippen LogP contribution < -0.4 is 0 Å². The van der Waals surface area contributed by atoms with Crippen molar-refractivity contribution >= 4 is 0 Å². The maximum atomic E-state index is 2.40. The molecule has 0 N–H and O–H groups in total. The van der Waals surface area contributed by atoms with Crippen molar-refractivity contribution in [2.75, 3.05) is 20.1 Å². The highest BCUT2D eigenvalue weighted by atomic mass is 15.2. The average Bonchev–Trinajstić information content (AvgIpc) is 1.53. The number of hydrogen-bond donors (Lipinski definition) is 0. The molecule has 0 unspecified atom stereocenters. The van der Waals surface area contributed by atoms with Crippen LogP contribution >= 0.6 is 0 Å². The Kier molecular flexibility index (Phi) is 2.04. The Balaban J connectivity index is 2.38. The summed E-state index contributed by atoms with van der Waals surface area (Å²) in [7, 11) is 2.20. The van der Waals surface area contributed by atoms with Crippen molar-refractivity contribution in [3.05, 3.63) is 0 Å². The Morgan fingerprint density at radius 3 is 2.00 bits per heavy atom. The molecule has 0 aromatic heterocycles. The summed E-state index contributed by atoms with van der Waals surface area (Å²) in [4.78, 5) is 2.39. The van der Waals surface area contributed by atoms with E-state index in [1.54, 1.807) is 0 Å². The van der Waals surface area contributed by atoms with Gasteiger partial charge in [-0.2, -0.15) is 0 Å². The Labute approximate surface area is 70.8 Å². The van der Waals surface area contributed by atoms with Crippen molar-refractivity contribution in [3.8, 4) is 0 Å². The molecule has 1 rings (SSSR count). The molecule has 0 bridgehead atoms. The average molecular weight is 155 g/mol. The molecule has 1 aliphatic heterocycles. The number of rotatable bonds is 1. The summed E-state index contributed by atoms with van der Waals surface area (Å²) >= 11 is 0. The molecule has 1 aliphatic rings. The Morgan fingerprint density at radius 1 is 1.27 bits per heavy atom. The molecule has 1 nitrogen and oxygen atoms in total. The smallest absolute Gasteiger partial charge is 0.00450 e. The maximum Gasteiger partial charge on any atom is 0.00450 e. The zero-order valence-electron chi connectivity index (χ0n) is 8.57. The largest absolute Gasteiger partial charge is 0.305 e. The normalized spacial score (nSPS) is 24.8. The van der Waals surface area contributed by atoms with E-state index in [9.17, 15) is 0 Å². The topological polar surface area (TPSA) is 3.24 Å². The summed E-state index contributed by atoms with van der Waals surface area (Å²) in [5.74, 6) is 0. The molecule has 1 saturated heterocycles. The monoisotopic (exact) mass is 155 g/mol. The zero-order chi connectivity index (χ0) is 8.70. The molecular weight excluding hydrogens is 134 g/mol. The van der Waals surface area contributed by atoms with E-state index in [0.29, 0.717) is 10.8 Å². The minimum absolute atomic E-state index is 0.496. The van der Waals surface area contributed by atoms with Crippen molar-refractivity contribution < 1.29 is 0 Å². The summed E-state index contributed by atoms with van der Waals surface area (Å²) in [5, 5.41) is 0. The van der Waals surface area contributed by atoms with Gasteiger partial charge in [0.1, 0.15) is 0 Å². The second-order valence-corrected chi connectivity index (χ2v) is 5.72. The summed E-state index contributed by atoms with van der Waals surface area (Å²) in [6, 6.07) is 0. The first-order chi connectivity index (χ1) is 4.81. The summed E-state index contributed by atoms with van der Waals surface area (Å²) < 4.78 is 0. The van der Waals surface area contributed by atoms with Crippen molar-refractivity contribution in [1.82, 2.24) is 4.90 Å². The molecule has 0 aromatic carbocycles. The Morgan fingerprint density at radius 2 is 1.73 bits per heavy atom. The molecule has 0 amide bonds. The second kappa shape index (κ2) is 2.48. The van der Waals surface area contributed by atoms with Crippen LogP contribution in [0.25, 0.3) is 0 Å². The third-order valence-corrected chi connectivity index (χ3v) is 2.26. The van der Waals surface area contributed by atoms with E-state index >= 15 is 0 Å². The molecule has 0 aromatic rings. The van der Waals surface area contributed by atoms with E-state index < -0.39 is 0 Å². The van der Waals surface area contributed by atoms with E-state index in [-0.39, 0.29) is 0 Å². The van der Waals surface area contributed by atoms with E-state index in [2.05, 4.69) is 39.6 Å². The van der Waals surface area contributed by atoms with Crippen molar-refractivity contribution in [3.63, 3.8) is 0 Å². The number of hydrogen-bond acceptors (Lipinski definition) is 1. The first kappa shape index (κ1) is 9.05. The molecule has 0 radical (unpaired) electrons. The fraction of sp³-hybridized carbons (Fsp3) is 1.00. The minimum Gasteiger partial charge on any atom is -0.305 e. The molecule has 1 heterocycles. The van der Waals surface area contributed by atoms with Crippen LogP contribution in [0.15, 0.2) is 0 Å². The quantitative estimate of drug-likeness (QED) is 0.562. The maximum absolute atomic E-state index is 2.40. The first-order valence-electron chi connectivity index (χ1n) is 4.49. The van der Waals surface area contributed by atoms with Crippen LogP contribution in [-0.2, 0) is 0 Å². The van der Waals surface area contributed by atoms with E-state index in [4.69, 9.17) is 0 Å². The van der Waals surface area contributed by atoms with Gasteiger partial charge in [-0.15, -0.1) is 0 Å². The molecule has 0 spiro atoms. The summed E-state index contributed by atoms with van der Waals surface area (Å²) in [6.07, 6.45) is 1.35. The third kappa shape index (κ3) is 2.48. The van der Waals surface area contributed by atoms with Gasteiger partial charge in [-0.3, -0.25) is 0 Å². The molecule has 66 valence electrons. The Hall–Kier alpha value is -0.0400. The van der Waals surface area contributed by atoms with Crippen LogP contribution in [0.2, 0.25) is 0 Å². The van der Waals surface area contributed by atoms with Crippen LogP contribution in [0.4, 0.5) is 0 Å². The first-order valence-corrected chi connectivity index (χ1v) is 4.49. The lowest BCUT2D eigenvalue weighted by molar-refractivity contribution is 0.00462. The van der Waals surface area contributed by atoms with Gasteiger partial charge < -0.3 is 4.90 Å². The van der Waals surface area contributed by atoms with Gasteiger partial charge in [0.25, 0.3) is 0 Å². The minimum atomic E-state index is 0.496. The van der Waals surface area contributed by atoms with Gasteiger partial charge in [0.15, 0.2) is 0 Å². The van der Waals surface area contributed by atoms with Crippen LogP contribution in [0.5, 0.6) is 0 Å². The highest BCUT2D eigenvalue weighted by Crippen LogP contribution is 2.39. The molecular formula is C10H21N. The second-order valence-electron chi connectivity index (χ2n) is 5.72. The molecule has 1 fully saturated rings.